The highest BCUT2D eigenvalue weighted by molar-refractivity contribution is 14.1. The van der Waals surface area contributed by atoms with Crippen LogP contribution in [0.3, 0.4) is 0 Å². The number of halogens is 2. The molecular weight excluding hydrogens is 704 g/mol. The second kappa shape index (κ2) is 19.2. The van der Waals surface area contributed by atoms with Crippen molar-refractivity contribution in [2.45, 2.75) is 20.0 Å². The largest absolute Gasteiger partial charge is 1.00 e. The van der Waals surface area contributed by atoms with Crippen LogP contribution < -0.4 is 28.9 Å². The fourth-order valence-corrected chi connectivity index (χ4v) is 2.83. The summed E-state index contributed by atoms with van der Waals surface area (Å²) in [6, 6.07) is 8.91. The summed E-state index contributed by atoms with van der Waals surface area (Å²) in [5.41, 5.74) is 0. The van der Waals surface area contributed by atoms with Gasteiger partial charge >= 0.3 is 18.4 Å². The molecule has 4 heterocycles. The first-order valence-corrected chi connectivity index (χ1v) is 12.9. The van der Waals surface area contributed by atoms with Crippen molar-refractivity contribution in [2.24, 2.45) is 0 Å². The Bertz CT molecular complexity index is 1120. The number of amides is 3. The standard InChI is InChI=1S/C11H14N3O2.C10H11N3O2.C2H3N.CH3I.HI/c1-12-5-6-14(9-12)11(15)13(2)8-10-4-3-7-16-10;1-12(7-9-3-2-6-15-9)10(14)13-5-4-11-8-13;1-2-3;1-2;/h3-7,9H,8H2,1-2H3;2-6,8H,7H2,1H3;1H3;1H3;1H/q+1;;;;. The average Bonchev–Trinajstić information content (AvgIpc) is 3.69. The lowest BCUT2D eigenvalue weighted by Crippen LogP contribution is -3.10. The number of hydrogen-bond acceptors (Lipinski definition) is 6. The van der Waals surface area contributed by atoms with Crippen molar-refractivity contribution in [2.75, 3.05) is 26.1 Å². The Hall–Kier alpha value is -2.97. The number of nitrogens with zero attached hydrogens (tertiary/aromatic N) is 6. The van der Waals surface area contributed by atoms with Crippen LogP contribution in [0.1, 0.15) is 18.4 Å². The van der Waals surface area contributed by atoms with E-state index in [9.17, 15) is 9.59 Å². The molecular formula is C24H32I2N7O4+. The van der Waals surface area contributed by atoms with Gasteiger partial charge in [0.15, 0.2) is 6.20 Å². The van der Waals surface area contributed by atoms with Gasteiger partial charge in [-0.15, -0.1) is 4.90 Å². The normalized spacial score (nSPS) is 12.6. The van der Waals surface area contributed by atoms with Crippen molar-refractivity contribution in [3.8, 4) is 6.07 Å². The van der Waals surface area contributed by atoms with E-state index in [0.29, 0.717) is 18.0 Å². The highest BCUT2D eigenvalue weighted by Crippen LogP contribution is 2.05. The van der Waals surface area contributed by atoms with Crippen molar-refractivity contribution in [3.05, 3.63) is 79.4 Å². The number of nitriles is 1. The summed E-state index contributed by atoms with van der Waals surface area (Å²) in [7, 11) is 5.37. The first-order valence-electron chi connectivity index (χ1n) is 10.7. The molecule has 1 aliphatic heterocycles. The summed E-state index contributed by atoms with van der Waals surface area (Å²) in [6.07, 6.45) is 13.3. The second-order valence-corrected chi connectivity index (χ2v) is 7.22. The summed E-state index contributed by atoms with van der Waals surface area (Å²) in [5, 5.41) is 7.32. The average molecular weight is 736 g/mol. The molecule has 0 aliphatic carbocycles. The molecule has 0 saturated carbocycles. The van der Waals surface area contributed by atoms with Crippen molar-refractivity contribution >= 4 is 41.0 Å². The summed E-state index contributed by atoms with van der Waals surface area (Å²) >= 11 is 2.15. The zero-order chi connectivity index (χ0) is 26.9. The minimum Gasteiger partial charge on any atom is -1.00 e. The van der Waals surface area contributed by atoms with Gasteiger partial charge < -0.3 is 37.7 Å². The van der Waals surface area contributed by atoms with Gasteiger partial charge in [-0.1, -0.05) is 22.6 Å². The zero-order valence-corrected chi connectivity index (χ0v) is 25.7. The van der Waals surface area contributed by atoms with Crippen molar-refractivity contribution in [1.82, 2.24) is 19.4 Å². The van der Waals surface area contributed by atoms with E-state index >= 15 is 0 Å². The van der Waals surface area contributed by atoms with E-state index < -0.39 is 0 Å². The van der Waals surface area contributed by atoms with Crippen LogP contribution in [0.15, 0.2) is 76.7 Å². The lowest BCUT2D eigenvalue weighted by atomic mass is 10.4. The van der Waals surface area contributed by atoms with Gasteiger partial charge in [0, 0.05) is 33.4 Å². The fourth-order valence-electron chi connectivity index (χ4n) is 2.83. The Balaban J connectivity index is 0.000000585. The van der Waals surface area contributed by atoms with Gasteiger partial charge in [0.1, 0.15) is 24.9 Å². The molecule has 13 heteroatoms. The lowest BCUT2D eigenvalue weighted by molar-refractivity contribution is -0.661. The van der Waals surface area contributed by atoms with E-state index in [1.165, 1.54) is 17.8 Å². The van der Waals surface area contributed by atoms with E-state index in [-0.39, 0.29) is 36.0 Å². The number of carbonyl (C=O) groups excluding carboxylic acids is 2. The molecule has 0 spiro atoms. The number of quaternary nitrogens is 1. The Morgan fingerprint density at radius 1 is 1.14 bits per heavy atom. The number of furan rings is 2. The van der Waals surface area contributed by atoms with E-state index in [1.54, 1.807) is 73.5 Å². The van der Waals surface area contributed by atoms with Crippen molar-refractivity contribution in [1.29, 1.82) is 5.26 Å². The van der Waals surface area contributed by atoms with E-state index in [2.05, 4.69) is 27.6 Å². The summed E-state index contributed by atoms with van der Waals surface area (Å²) in [6.45, 7) is 2.37. The van der Waals surface area contributed by atoms with Crippen LogP contribution in [0.4, 0.5) is 9.59 Å². The third-order valence-electron chi connectivity index (χ3n) is 4.42. The highest BCUT2D eigenvalue weighted by atomic mass is 127. The number of carbonyl (C=O) groups is 2. The predicted octanol–water partition coefficient (Wildman–Crippen LogP) is 0.0330. The topological polar surface area (TPSA) is 116 Å². The van der Waals surface area contributed by atoms with Crippen LogP contribution in [-0.4, -0.2) is 68.4 Å². The summed E-state index contributed by atoms with van der Waals surface area (Å²) in [5.74, 6) is 1.54. The van der Waals surface area contributed by atoms with Gasteiger partial charge in [0.05, 0.1) is 31.7 Å². The zero-order valence-electron chi connectivity index (χ0n) is 21.4. The minimum atomic E-state index is -0.135. The van der Waals surface area contributed by atoms with Gasteiger partial charge in [-0.05, 0) is 29.2 Å². The lowest BCUT2D eigenvalue weighted by Gasteiger charge is -2.15. The van der Waals surface area contributed by atoms with Crippen LogP contribution in [-0.2, 0) is 13.1 Å². The number of aromatic nitrogens is 2. The van der Waals surface area contributed by atoms with Gasteiger partial charge in [0.2, 0.25) is 6.20 Å². The Morgan fingerprint density at radius 2 is 1.68 bits per heavy atom. The molecule has 1 unspecified atom stereocenters. The van der Waals surface area contributed by atoms with Crippen LogP contribution in [0.25, 0.3) is 0 Å². The molecule has 4 rings (SSSR count). The molecule has 11 nitrogen and oxygen atoms in total. The maximum atomic E-state index is 12.0. The quantitative estimate of drug-likeness (QED) is 0.230. The molecule has 0 fully saturated rings. The number of alkyl halides is 1. The van der Waals surface area contributed by atoms with Crippen molar-refractivity contribution < 1.29 is 51.9 Å². The maximum Gasteiger partial charge on any atom is 0.431 e. The Kier molecular flexibility index (Phi) is 17.6. The number of hydrogen-bond donors (Lipinski definition) is 1. The summed E-state index contributed by atoms with van der Waals surface area (Å²) < 4.78 is 13.6. The number of imidazole rings is 1. The molecule has 0 saturated heterocycles. The van der Waals surface area contributed by atoms with Gasteiger partial charge in [-0.2, -0.15) is 9.84 Å². The first kappa shape index (κ1) is 34.0. The predicted molar refractivity (Wildman–Crippen MR) is 142 cm³/mol. The molecule has 1 atom stereocenters. The third kappa shape index (κ3) is 12.2. The highest BCUT2D eigenvalue weighted by Gasteiger charge is 2.27. The van der Waals surface area contributed by atoms with Crippen molar-refractivity contribution in [3.63, 3.8) is 0 Å². The molecule has 0 aromatic carbocycles. The molecule has 1 N–H and O–H groups in total. The van der Waals surface area contributed by atoms with Crippen LogP contribution in [0.5, 0.6) is 0 Å². The minimum absolute atomic E-state index is 0. The molecule has 3 aromatic heterocycles. The SMILES string of the molecule is CC#N.CI.CN(Cc1ccco1)C(=O)[NH+]1C=C[N+](C)=C1.CN(Cc1ccco1)C(=O)n1ccnc1.[I-]. The molecule has 3 amide bonds. The second-order valence-electron chi connectivity index (χ2n) is 7.22. The Labute approximate surface area is 247 Å². The third-order valence-corrected chi connectivity index (χ3v) is 4.42. The fraction of sp³-hybridized carbons (Fsp3) is 0.292. The van der Waals surface area contributed by atoms with Gasteiger partial charge in [0.25, 0.3) is 0 Å². The smallest absolute Gasteiger partial charge is 0.431 e. The van der Waals surface area contributed by atoms with Gasteiger partial charge in [-0.3, -0.25) is 9.47 Å². The number of rotatable bonds is 4. The van der Waals surface area contributed by atoms with Crippen LogP contribution in [0, 0.1) is 11.3 Å². The Morgan fingerprint density at radius 3 is 2.08 bits per heavy atom. The monoisotopic (exact) mass is 736 g/mol. The van der Waals surface area contributed by atoms with Crippen LogP contribution >= 0.6 is 22.6 Å². The molecule has 37 heavy (non-hydrogen) atoms. The molecule has 0 bridgehead atoms. The molecule has 1 aliphatic rings. The number of urea groups is 1. The maximum absolute atomic E-state index is 12.0. The molecule has 3 aromatic rings. The molecule has 200 valence electrons. The first-order chi connectivity index (χ1) is 17.3. The summed E-state index contributed by atoms with van der Waals surface area (Å²) in [4.78, 5) is 33.4. The molecule has 0 radical (unpaired) electrons. The van der Waals surface area contributed by atoms with E-state index in [0.717, 1.165) is 11.5 Å². The van der Waals surface area contributed by atoms with E-state index in [1.807, 2.05) is 41.0 Å². The van der Waals surface area contributed by atoms with Gasteiger partial charge in [-0.25, -0.2) is 14.6 Å². The van der Waals surface area contributed by atoms with E-state index in [4.69, 9.17) is 14.1 Å². The van der Waals surface area contributed by atoms with Crippen LogP contribution in [0.2, 0.25) is 0 Å². The number of nitrogens with one attached hydrogen (secondary N) is 1.